The number of hydrogen-bond acceptors (Lipinski definition) is 4. The van der Waals surface area contributed by atoms with Crippen molar-refractivity contribution in [2.75, 3.05) is 0 Å². The van der Waals surface area contributed by atoms with E-state index in [-0.39, 0.29) is 24.2 Å². The van der Waals surface area contributed by atoms with Gasteiger partial charge in [-0.25, -0.2) is 9.97 Å². The SMILES string of the molecule is CCCCCCCCCCCCCCCCC(CC(=O)n1ccnc1)C(=O)n1ccnc1. The van der Waals surface area contributed by atoms with Crippen LogP contribution in [0, 0.1) is 5.92 Å². The van der Waals surface area contributed by atoms with Crippen LogP contribution in [0.1, 0.15) is 119 Å². The van der Waals surface area contributed by atoms with Gasteiger partial charge in [0.05, 0.1) is 0 Å². The second kappa shape index (κ2) is 16.4. The van der Waals surface area contributed by atoms with Gasteiger partial charge in [0, 0.05) is 37.1 Å². The number of nitrogens with zero attached hydrogens (tertiary/aromatic N) is 4. The van der Waals surface area contributed by atoms with Gasteiger partial charge in [0.1, 0.15) is 12.7 Å². The van der Waals surface area contributed by atoms with E-state index in [0.717, 1.165) is 19.3 Å². The summed E-state index contributed by atoms with van der Waals surface area (Å²) in [4.78, 5) is 33.2. The Balaban J connectivity index is 1.57. The molecule has 0 radical (unpaired) electrons. The van der Waals surface area contributed by atoms with Crippen LogP contribution in [0.15, 0.2) is 37.4 Å². The van der Waals surface area contributed by atoms with Crippen LogP contribution in [0.2, 0.25) is 0 Å². The van der Waals surface area contributed by atoms with Crippen molar-refractivity contribution >= 4 is 11.8 Å². The van der Waals surface area contributed by atoms with Gasteiger partial charge in [0.15, 0.2) is 0 Å². The molecule has 2 rings (SSSR count). The lowest BCUT2D eigenvalue weighted by Crippen LogP contribution is -2.25. The van der Waals surface area contributed by atoms with Gasteiger partial charge < -0.3 is 0 Å². The highest BCUT2D eigenvalue weighted by Crippen LogP contribution is 2.19. The van der Waals surface area contributed by atoms with E-state index in [1.54, 1.807) is 24.8 Å². The predicted octanol–water partition coefficient (Wildman–Crippen LogP) is 6.94. The summed E-state index contributed by atoms with van der Waals surface area (Å²) in [6, 6.07) is 0. The number of carbonyl (C=O) groups excluding carboxylic acids is 2. The van der Waals surface area contributed by atoms with Gasteiger partial charge in [-0.1, -0.05) is 96.8 Å². The highest BCUT2D eigenvalue weighted by Gasteiger charge is 2.23. The van der Waals surface area contributed by atoms with E-state index in [0.29, 0.717) is 0 Å². The highest BCUT2D eigenvalue weighted by molar-refractivity contribution is 5.88. The monoisotopic (exact) mass is 442 g/mol. The summed E-state index contributed by atoms with van der Waals surface area (Å²) < 4.78 is 2.95. The first kappa shape index (κ1) is 26.0. The predicted molar refractivity (Wildman–Crippen MR) is 129 cm³/mol. The fraction of sp³-hybridized carbons (Fsp3) is 0.692. The molecule has 0 spiro atoms. The number of imidazole rings is 2. The van der Waals surface area contributed by atoms with Crippen molar-refractivity contribution in [1.29, 1.82) is 0 Å². The third-order valence-corrected chi connectivity index (χ3v) is 6.23. The molecular weight excluding hydrogens is 400 g/mol. The standard InChI is InChI=1S/C26H42N4O2/c1-2-3-4-5-6-7-8-9-10-11-12-13-14-15-16-24(26(32)30-20-18-28-23-30)21-25(31)29-19-17-27-22-29/h17-20,22-24H,2-16,21H2,1H3. The molecule has 0 saturated heterocycles. The quantitative estimate of drug-likeness (QED) is 0.234. The van der Waals surface area contributed by atoms with Gasteiger partial charge in [-0.3, -0.25) is 18.7 Å². The van der Waals surface area contributed by atoms with Crippen LogP contribution in [0.25, 0.3) is 0 Å². The average Bonchev–Trinajstić information content (AvgIpc) is 3.52. The molecule has 0 aromatic carbocycles. The van der Waals surface area contributed by atoms with E-state index in [4.69, 9.17) is 0 Å². The molecule has 0 aliphatic rings. The highest BCUT2D eigenvalue weighted by atomic mass is 16.2. The third-order valence-electron chi connectivity index (χ3n) is 6.23. The maximum atomic E-state index is 12.8. The zero-order chi connectivity index (χ0) is 22.9. The first-order chi connectivity index (χ1) is 15.7. The Morgan fingerprint density at radius 2 is 1.16 bits per heavy atom. The van der Waals surface area contributed by atoms with Crippen LogP contribution in [0.5, 0.6) is 0 Å². The van der Waals surface area contributed by atoms with Gasteiger partial charge in [0.25, 0.3) is 0 Å². The number of unbranched alkanes of at least 4 members (excludes halogenated alkanes) is 13. The molecule has 0 bridgehead atoms. The van der Waals surface area contributed by atoms with Crippen molar-refractivity contribution in [3.63, 3.8) is 0 Å². The van der Waals surface area contributed by atoms with Crippen LogP contribution in [-0.2, 0) is 0 Å². The minimum Gasteiger partial charge on any atom is -0.276 e. The molecule has 1 atom stereocenters. The molecule has 6 nitrogen and oxygen atoms in total. The van der Waals surface area contributed by atoms with Crippen LogP contribution in [0.3, 0.4) is 0 Å². The first-order valence-corrected chi connectivity index (χ1v) is 12.8. The molecule has 178 valence electrons. The third kappa shape index (κ3) is 10.4. The molecule has 0 amide bonds. The van der Waals surface area contributed by atoms with Gasteiger partial charge >= 0.3 is 0 Å². The summed E-state index contributed by atoms with van der Waals surface area (Å²) in [6.45, 7) is 2.27. The molecule has 0 aliphatic carbocycles. The maximum Gasteiger partial charge on any atom is 0.235 e. The Bertz CT molecular complexity index is 725. The van der Waals surface area contributed by atoms with Crippen LogP contribution in [0.4, 0.5) is 0 Å². The largest absolute Gasteiger partial charge is 0.276 e. The van der Waals surface area contributed by atoms with E-state index >= 15 is 0 Å². The molecule has 0 saturated carbocycles. The summed E-state index contributed by atoms with van der Waals surface area (Å²) >= 11 is 0. The smallest absolute Gasteiger partial charge is 0.235 e. The van der Waals surface area contributed by atoms with Crippen LogP contribution < -0.4 is 0 Å². The second-order valence-corrected chi connectivity index (χ2v) is 8.96. The Labute approximate surface area is 193 Å². The number of carbonyl (C=O) groups is 2. The fourth-order valence-electron chi connectivity index (χ4n) is 4.22. The lowest BCUT2D eigenvalue weighted by molar-refractivity contribution is 0.0749. The number of aromatic nitrogens is 4. The van der Waals surface area contributed by atoms with E-state index < -0.39 is 0 Å². The summed E-state index contributed by atoms with van der Waals surface area (Å²) in [5.74, 6) is -0.464. The van der Waals surface area contributed by atoms with E-state index in [1.165, 1.54) is 98.8 Å². The van der Waals surface area contributed by atoms with Crippen molar-refractivity contribution in [3.05, 3.63) is 37.4 Å². The van der Waals surface area contributed by atoms with Crippen LogP contribution in [-0.4, -0.2) is 30.9 Å². The Morgan fingerprint density at radius 3 is 1.62 bits per heavy atom. The van der Waals surface area contributed by atoms with Crippen molar-refractivity contribution < 1.29 is 9.59 Å². The molecular formula is C26H42N4O2. The summed E-state index contributed by atoms with van der Waals surface area (Å²) in [5.41, 5.74) is 0. The maximum absolute atomic E-state index is 12.8. The number of hydrogen-bond donors (Lipinski definition) is 0. The minimum absolute atomic E-state index is 0.0503. The van der Waals surface area contributed by atoms with E-state index in [9.17, 15) is 9.59 Å². The van der Waals surface area contributed by atoms with Crippen molar-refractivity contribution in [3.8, 4) is 0 Å². The van der Waals surface area contributed by atoms with Gasteiger partial charge in [-0.05, 0) is 6.42 Å². The van der Waals surface area contributed by atoms with E-state index in [1.807, 2.05) is 0 Å². The molecule has 1 unspecified atom stereocenters. The van der Waals surface area contributed by atoms with Gasteiger partial charge in [0.2, 0.25) is 11.8 Å². The average molecular weight is 443 g/mol. The fourth-order valence-corrected chi connectivity index (χ4v) is 4.22. The molecule has 2 heterocycles. The molecule has 32 heavy (non-hydrogen) atoms. The molecule has 2 aromatic heterocycles. The van der Waals surface area contributed by atoms with Gasteiger partial charge in [-0.15, -0.1) is 0 Å². The van der Waals surface area contributed by atoms with Crippen molar-refractivity contribution in [2.24, 2.45) is 5.92 Å². The molecule has 6 heteroatoms. The van der Waals surface area contributed by atoms with Crippen molar-refractivity contribution in [1.82, 2.24) is 19.1 Å². The van der Waals surface area contributed by atoms with Gasteiger partial charge in [-0.2, -0.15) is 0 Å². The first-order valence-electron chi connectivity index (χ1n) is 12.8. The van der Waals surface area contributed by atoms with Crippen LogP contribution >= 0.6 is 0 Å². The zero-order valence-electron chi connectivity index (χ0n) is 20.0. The number of rotatable bonds is 18. The second-order valence-electron chi connectivity index (χ2n) is 8.96. The summed E-state index contributed by atoms with van der Waals surface area (Å²) in [6.07, 6.45) is 28.7. The summed E-state index contributed by atoms with van der Waals surface area (Å²) in [7, 11) is 0. The lowest BCUT2D eigenvalue weighted by atomic mass is 9.95. The Morgan fingerprint density at radius 1 is 0.688 bits per heavy atom. The zero-order valence-corrected chi connectivity index (χ0v) is 20.0. The van der Waals surface area contributed by atoms with Crippen molar-refractivity contribution in [2.45, 2.75) is 110 Å². The molecule has 2 aromatic rings. The molecule has 0 fully saturated rings. The topological polar surface area (TPSA) is 69.8 Å². The Hall–Kier alpha value is -2.24. The molecule has 0 aliphatic heterocycles. The summed E-state index contributed by atoms with van der Waals surface area (Å²) in [5, 5.41) is 0. The Kier molecular flexibility index (Phi) is 13.3. The minimum atomic E-state index is -0.323. The normalized spacial score (nSPS) is 12.2. The van der Waals surface area contributed by atoms with E-state index in [2.05, 4.69) is 16.9 Å². The molecule has 0 N–H and O–H groups in total. The lowest BCUT2D eigenvalue weighted by Gasteiger charge is -2.15.